The number of nitrogens with zero attached hydrogens (tertiary/aromatic N) is 3. The van der Waals surface area contributed by atoms with E-state index in [9.17, 15) is 13.6 Å². The van der Waals surface area contributed by atoms with Gasteiger partial charge in [-0.25, -0.2) is 8.78 Å². The summed E-state index contributed by atoms with van der Waals surface area (Å²) in [5, 5.41) is 8.84. The van der Waals surface area contributed by atoms with E-state index in [-0.39, 0.29) is 34.3 Å². The number of rotatable bonds is 5. The molecule has 2 fully saturated rings. The zero-order valence-electron chi connectivity index (χ0n) is 19.1. The predicted molar refractivity (Wildman–Crippen MR) is 121 cm³/mol. The topological polar surface area (TPSA) is 65.0 Å². The van der Waals surface area contributed by atoms with Crippen LogP contribution in [0.3, 0.4) is 0 Å². The highest BCUT2D eigenvalue weighted by atomic mass is 19.1. The Bertz CT molecular complexity index is 1300. The molecule has 7 heteroatoms. The minimum atomic E-state index is -0.656. The molecule has 0 unspecified atom stereocenters. The average molecular weight is 462 g/mol. The molecule has 0 N–H and O–H groups in total. The van der Waals surface area contributed by atoms with E-state index in [1.807, 2.05) is 6.07 Å². The quantitative estimate of drug-likeness (QED) is 0.486. The third kappa shape index (κ3) is 2.86. The molecule has 2 aliphatic carbocycles. The Morgan fingerprint density at radius 2 is 1.88 bits per heavy atom. The van der Waals surface area contributed by atoms with Crippen LogP contribution >= 0.6 is 0 Å². The predicted octanol–water partition coefficient (Wildman–Crippen LogP) is 5.24. The van der Waals surface area contributed by atoms with Crippen LogP contribution in [0.1, 0.15) is 66.3 Å². The number of hydrogen-bond acceptors (Lipinski definition) is 5. The summed E-state index contributed by atoms with van der Waals surface area (Å²) in [6.45, 7) is 5.65. The lowest BCUT2D eigenvalue weighted by Gasteiger charge is -2.37. The van der Waals surface area contributed by atoms with Gasteiger partial charge in [0.05, 0.1) is 41.3 Å². The maximum absolute atomic E-state index is 14.5. The number of ketones is 1. The third-order valence-corrected chi connectivity index (χ3v) is 8.30. The van der Waals surface area contributed by atoms with Gasteiger partial charge >= 0.3 is 0 Å². The van der Waals surface area contributed by atoms with Crippen molar-refractivity contribution >= 4 is 5.78 Å². The van der Waals surface area contributed by atoms with Crippen LogP contribution < -0.4 is 0 Å². The van der Waals surface area contributed by atoms with Gasteiger partial charge in [0, 0.05) is 24.1 Å². The molecule has 0 radical (unpaired) electrons. The van der Waals surface area contributed by atoms with Crippen LogP contribution in [0.4, 0.5) is 8.78 Å². The number of carbonyl (C=O) groups excluding carboxylic acids is 1. The van der Waals surface area contributed by atoms with Crippen molar-refractivity contribution in [2.75, 3.05) is 13.2 Å². The maximum Gasteiger partial charge on any atom is 0.163 e. The molecule has 1 aliphatic heterocycles. The first-order valence-corrected chi connectivity index (χ1v) is 11.7. The zero-order valence-corrected chi connectivity index (χ0v) is 19.1. The Labute approximate surface area is 196 Å². The van der Waals surface area contributed by atoms with Gasteiger partial charge in [0.25, 0.3) is 0 Å². The Balaban J connectivity index is 1.45. The van der Waals surface area contributed by atoms with Gasteiger partial charge in [0.2, 0.25) is 0 Å². The second-order valence-electron chi connectivity index (χ2n) is 10.3. The van der Waals surface area contributed by atoms with Crippen LogP contribution in [-0.2, 0) is 10.2 Å². The Kier molecular flexibility index (Phi) is 4.72. The maximum atomic E-state index is 14.5. The second-order valence-corrected chi connectivity index (χ2v) is 10.3. The van der Waals surface area contributed by atoms with E-state index < -0.39 is 17.0 Å². The molecule has 2 atom stereocenters. The molecule has 0 spiro atoms. The van der Waals surface area contributed by atoms with Crippen LogP contribution in [0.2, 0.25) is 0 Å². The average Bonchev–Trinajstić information content (AvgIpc) is 3.17. The fraction of sp³-hybridized carbons (Fsp3) is 0.407. The standard InChI is InChI=1S/C27H25F2N3O2/c1-26(2)18-6-8-27(26,23-11-16(7-9-30-23)22(33)10-15-13-34-14-15)25-17(18)12-21(31-32-25)24-19(28)4-3-5-20(24)29/h3-5,7,9,11-12,15,18H,6,8,10,13-14H2,1-2H3/t18-,27-/m0/s1. The lowest BCUT2D eigenvalue weighted by Crippen LogP contribution is -2.38. The molecule has 0 amide bonds. The normalized spacial score (nSPS) is 24.6. The van der Waals surface area contributed by atoms with Crippen molar-refractivity contribution in [3.05, 3.63) is 76.7 Å². The van der Waals surface area contributed by atoms with Gasteiger partial charge in [-0.3, -0.25) is 9.78 Å². The van der Waals surface area contributed by atoms with Crippen molar-refractivity contribution in [1.29, 1.82) is 0 Å². The van der Waals surface area contributed by atoms with Crippen molar-refractivity contribution < 1.29 is 18.3 Å². The Morgan fingerprint density at radius 3 is 2.59 bits per heavy atom. The molecule has 6 rings (SSSR count). The van der Waals surface area contributed by atoms with Crippen molar-refractivity contribution in [3.63, 3.8) is 0 Å². The van der Waals surface area contributed by atoms with Crippen LogP contribution in [0.5, 0.6) is 0 Å². The molecule has 2 aromatic heterocycles. The van der Waals surface area contributed by atoms with E-state index in [0.29, 0.717) is 25.2 Å². The summed E-state index contributed by atoms with van der Waals surface area (Å²) in [7, 11) is 0. The molecule has 5 nitrogen and oxygen atoms in total. The zero-order chi connectivity index (χ0) is 23.7. The first kappa shape index (κ1) is 21.5. The van der Waals surface area contributed by atoms with Gasteiger partial charge in [0.15, 0.2) is 5.78 Å². The number of benzene rings is 1. The van der Waals surface area contributed by atoms with Gasteiger partial charge in [-0.1, -0.05) is 19.9 Å². The fourth-order valence-electron chi connectivity index (χ4n) is 6.38. The monoisotopic (exact) mass is 461 g/mol. The number of fused-ring (bicyclic) bond motifs is 5. The van der Waals surface area contributed by atoms with E-state index in [0.717, 1.165) is 29.8 Å². The molecular formula is C27H25F2N3O2. The molecule has 3 aromatic rings. The van der Waals surface area contributed by atoms with Crippen molar-refractivity contribution in [3.8, 4) is 11.3 Å². The van der Waals surface area contributed by atoms with E-state index in [2.05, 4.69) is 24.0 Å². The molecule has 34 heavy (non-hydrogen) atoms. The Morgan fingerprint density at radius 1 is 1.12 bits per heavy atom. The van der Waals surface area contributed by atoms with Crippen molar-refractivity contribution in [2.24, 2.45) is 11.3 Å². The minimum Gasteiger partial charge on any atom is -0.381 e. The number of aromatic nitrogens is 3. The van der Waals surface area contributed by atoms with E-state index >= 15 is 0 Å². The minimum absolute atomic E-state index is 0.0929. The summed E-state index contributed by atoms with van der Waals surface area (Å²) in [5.41, 5.74) is 2.53. The molecular weight excluding hydrogens is 436 g/mol. The summed E-state index contributed by atoms with van der Waals surface area (Å²) < 4.78 is 34.1. The van der Waals surface area contributed by atoms with Crippen LogP contribution in [0.25, 0.3) is 11.3 Å². The molecule has 3 aliphatic rings. The van der Waals surface area contributed by atoms with Crippen molar-refractivity contribution in [2.45, 2.75) is 44.4 Å². The fourth-order valence-corrected chi connectivity index (χ4v) is 6.38. The SMILES string of the molecule is CC1(C)[C@H]2CC[C@]1(c1cc(C(=O)CC3COC3)ccn1)c1nnc(-c3c(F)cccc3F)cc12. The lowest BCUT2D eigenvalue weighted by atomic mass is 9.66. The van der Waals surface area contributed by atoms with Crippen LogP contribution in [0, 0.1) is 23.0 Å². The van der Waals surface area contributed by atoms with Gasteiger partial charge in [-0.05, 0) is 60.1 Å². The molecule has 2 bridgehead atoms. The highest BCUT2D eigenvalue weighted by Gasteiger charge is 2.65. The molecule has 1 saturated carbocycles. The van der Waals surface area contributed by atoms with Gasteiger partial charge in [0.1, 0.15) is 11.6 Å². The van der Waals surface area contributed by atoms with Gasteiger partial charge < -0.3 is 4.74 Å². The first-order chi connectivity index (χ1) is 16.3. The number of Topliss-reactive ketones (excluding diaryl/α,β-unsaturated/α-hetero) is 1. The summed E-state index contributed by atoms with van der Waals surface area (Å²) in [4.78, 5) is 17.6. The summed E-state index contributed by atoms with van der Waals surface area (Å²) >= 11 is 0. The highest BCUT2D eigenvalue weighted by Crippen LogP contribution is 2.69. The molecule has 174 valence electrons. The second kappa shape index (κ2) is 7.47. The van der Waals surface area contributed by atoms with E-state index in [4.69, 9.17) is 9.72 Å². The van der Waals surface area contributed by atoms with Gasteiger partial charge in [-0.2, -0.15) is 5.10 Å². The molecule has 3 heterocycles. The van der Waals surface area contributed by atoms with E-state index in [1.54, 1.807) is 18.3 Å². The third-order valence-electron chi connectivity index (χ3n) is 8.30. The Hall–Kier alpha value is -3.06. The number of pyridine rings is 1. The molecule has 1 saturated heterocycles. The highest BCUT2D eigenvalue weighted by molar-refractivity contribution is 5.96. The van der Waals surface area contributed by atoms with Gasteiger partial charge in [-0.15, -0.1) is 5.10 Å². The number of carbonyl (C=O) groups is 1. The first-order valence-electron chi connectivity index (χ1n) is 11.7. The smallest absolute Gasteiger partial charge is 0.163 e. The summed E-state index contributed by atoms with van der Waals surface area (Å²) in [6.07, 6.45) is 3.91. The summed E-state index contributed by atoms with van der Waals surface area (Å²) in [5.74, 6) is -0.785. The molecule has 1 aromatic carbocycles. The number of hydrogen-bond donors (Lipinski definition) is 0. The van der Waals surface area contributed by atoms with Crippen LogP contribution in [0.15, 0.2) is 42.6 Å². The lowest BCUT2D eigenvalue weighted by molar-refractivity contribution is -0.0321. The van der Waals surface area contributed by atoms with E-state index in [1.165, 1.54) is 18.2 Å². The number of ether oxygens (including phenoxy) is 1. The van der Waals surface area contributed by atoms with Crippen LogP contribution in [-0.4, -0.2) is 34.2 Å². The number of halogens is 2. The summed E-state index contributed by atoms with van der Waals surface area (Å²) in [6, 6.07) is 9.27. The van der Waals surface area contributed by atoms with Crippen molar-refractivity contribution in [1.82, 2.24) is 15.2 Å². The largest absolute Gasteiger partial charge is 0.381 e.